The zero-order valence-electron chi connectivity index (χ0n) is 17.3. The molecule has 1 amide bonds. The molecule has 1 saturated heterocycles. The van der Waals surface area contributed by atoms with E-state index in [1.165, 1.54) is 0 Å². The average molecular weight is 411 g/mol. The molecule has 0 saturated carbocycles. The number of carbonyl (C=O) groups is 1. The van der Waals surface area contributed by atoms with Crippen molar-refractivity contribution in [1.82, 2.24) is 19.7 Å². The van der Waals surface area contributed by atoms with Crippen LogP contribution in [0.2, 0.25) is 0 Å². The number of nitrogens with zero attached hydrogens (tertiary/aromatic N) is 4. The maximum Gasteiger partial charge on any atom is 0.227 e. The van der Waals surface area contributed by atoms with Crippen molar-refractivity contribution in [2.24, 2.45) is 7.05 Å². The summed E-state index contributed by atoms with van der Waals surface area (Å²) in [4.78, 5) is 19.7. The Balaban J connectivity index is 1.52. The molecule has 0 radical (unpaired) electrons. The minimum atomic E-state index is -0.0813. The van der Waals surface area contributed by atoms with Crippen molar-refractivity contribution in [2.45, 2.75) is 33.2 Å². The fraction of sp³-hybridized carbons (Fsp3) is 0.409. The molecule has 0 spiro atoms. The second-order valence-electron chi connectivity index (χ2n) is 7.51. The number of aromatic nitrogens is 3. The largest absolute Gasteiger partial charge is 0.377 e. The first kappa shape index (κ1) is 19.8. The molecule has 1 aliphatic heterocycles. The highest BCUT2D eigenvalue weighted by Crippen LogP contribution is 2.30. The number of hydrogen-bond acceptors (Lipinski definition) is 5. The molecule has 29 heavy (non-hydrogen) atoms. The van der Waals surface area contributed by atoms with Crippen molar-refractivity contribution >= 4 is 17.2 Å². The number of morpholine rings is 1. The third-order valence-electron chi connectivity index (χ3n) is 5.57. The van der Waals surface area contributed by atoms with E-state index in [4.69, 9.17) is 4.74 Å². The molecule has 3 heterocycles. The van der Waals surface area contributed by atoms with Crippen LogP contribution in [0, 0.1) is 20.8 Å². The van der Waals surface area contributed by atoms with E-state index in [2.05, 4.69) is 15.5 Å². The van der Waals surface area contributed by atoms with Gasteiger partial charge in [-0.25, -0.2) is 4.98 Å². The van der Waals surface area contributed by atoms with Gasteiger partial charge in [0.05, 0.1) is 42.1 Å². The van der Waals surface area contributed by atoms with Gasteiger partial charge in [-0.05, 0) is 26.3 Å². The van der Waals surface area contributed by atoms with E-state index in [1.807, 2.05) is 61.7 Å². The predicted molar refractivity (Wildman–Crippen MR) is 114 cm³/mol. The molecule has 0 aliphatic carbocycles. The summed E-state index contributed by atoms with van der Waals surface area (Å²) in [6.07, 6.45) is 0.380. The monoisotopic (exact) mass is 410 g/mol. The number of thiazole rings is 1. The molecular formula is C22H26N4O2S. The van der Waals surface area contributed by atoms with Gasteiger partial charge in [0.25, 0.3) is 0 Å². The van der Waals surface area contributed by atoms with Crippen LogP contribution in [-0.4, -0.2) is 45.3 Å². The molecule has 2 aromatic heterocycles. The lowest BCUT2D eigenvalue weighted by atomic mass is 10.0. The van der Waals surface area contributed by atoms with Crippen LogP contribution in [0.5, 0.6) is 0 Å². The van der Waals surface area contributed by atoms with Crippen LogP contribution < -0.4 is 0 Å². The number of carbonyl (C=O) groups excluding carboxylic acids is 1. The molecule has 1 fully saturated rings. The molecule has 7 heteroatoms. The summed E-state index contributed by atoms with van der Waals surface area (Å²) in [6, 6.07) is 8.06. The summed E-state index contributed by atoms with van der Waals surface area (Å²) in [5.41, 5.74) is 6.22. The maximum absolute atomic E-state index is 13.2. The van der Waals surface area contributed by atoms with Crippen molar-refractivity contribution in [3.05, 3.63) is 57.2 Å². The fourth-order valence-electron chi connectivity index (χ4n) is 3.98. The second-order valence-corrected chi connectivity index (χ2v) is 8.57. The van der Waals surface area contributed by atoms with Crippen LogP contribution >= 0.6 is 11.3 Å². The lowest BCUT2D eigenvalue weighted by Gasteiger charge is -2.36. The molecule has 0 N–H and O–H groups in total. The Hall–Kier alpha value is -2.51. The zero-order valence-corrected chi connectivity index (χ0v) is 18.1. The Bertz CT molecular complexity index is 1020. The number of aryl methyl sites for hydroxylation is 3. The standard InChI is InChI=1S/C22H26N4O2S/c1-14-22(15(2)25(4)24-14)20-12-28-10-9-26(20)21(27)11-17-5-7-18(8-6-17)19-13-29-16(3)23-19/h5-8,13,20H,9-12H2,1-4H3/t20-/m0/s1. The van der Waals surface area contributed by atoms with Crippen molar-refractivity contribution in [3.63, 3.8) is 0 Å². The van der Waals surface area contributed by atoms with Crippen molar-refractivity contribution in [2.75, 3.05) is 19.8 Å². The van der Waals surface area contributed by atoms with E-state index in [1.54, 1.807) is 11.3 Å². The summed E-state index contributed by atoms with van der Waals surface area (Å²) in [5.74, 6) is 0.123. The summed E-state index contributed by atoms with van der Waals surface area (Å²) in [5, 5.41) is 7.64. The molecule has 152 valence electrons. The van der Waals surface area contributed by atoms with E-state index in [9.17, 15) is 4.79 Å². The topological polar surface area (TPSA) is 60.3 Å². The Morgan fingerprint density at radius 1 is 1.24 bits per heavy atom. The minimum Gasteiger partial charge on any atom is -0.377 e. The fourth-order valence-corrected chi connectivity index (χ4v) is 4.60. The number of benzene rings is 1. The Labute approximate surface area is 175 Å². The van der Waals surface area contributed by atoms with Crippen molar-refractivity contribution in [3.8, 4) is 11.3 Å². The van der Waals surface area contributed by atoms with Gasteiger partial charge in [-0.3, -0.25) is 9.48 Å². The van der Waals surface area contributed by atoms with Crippen molar-refractivity contribution in [1.29, 1.82) is 0 Å². The molecule has 4 rings (SSSR count). The van der Waals surface area contributed by atoms with Gasteiger partial charge in [0.1, 0.15) is 0 Å². The summed E-state index contributed by atoms with van der Waals surface area (Å²) >= 11 is 1.64. The van der Waals surface area contributed by atoms with Gasteiger partial charge in [0.15, 0.2) is 0 Å². The second kappa shape index (κ2) is 8.08. The first-order chi connectivity index (χ1) is 13.9. The molecule has 1 atom stereocenters. The van der Waals surface area contributed by atoms with Crippen molar-refractivity contribution < 1.29 is 9.53 Å². The molecular weight excluding hydrogens is 384 g/mol. The number of ether oxygens (including phenoxy) is 1. The Morgan fingerprint density at radius 3 is 2.62 bits per heavy atom. The lowest BCUT2D eigenvalue weighted by molar-refractivity contribution is -0.139. The van der Waals surface area contributed by atoms with Crippen LogP contribution in [0.15, 0.2) is 29.6 Å². The molecule has 1 aromatic carbocycles. The summed E-state index contributed by atoms with van der Waals surface area (Å²) < 4.78 is 7.59. The highest BCUT2D eigenvalue weighted by atomic mass is 32.1. The maximum atomic E-state index is 13.2. The molecule has 0 unspecified atom stereocenters. The number of rotatable bonds is 4. The Kier molecular flexibility index (Phi) is 5.52. The molecule has 6 nitrogen and oxygen atoms in total. The van der Waals surface area contributed by atoms with E-state index in [0.29, 0.717) is 26.2 Å². The van der Waals surface area contributed by atoms with Gasteiger partial charge in [-0.1, -0.05) is 24.3 Å². The van der Waals surface area contributed by atoms with Gasteiger partial charge in [-0.2, -0.15) is 5.10 Å². The van der Waals surface area contributed by atoms with E-state index in [-0.39, 0.29) is 11.9 Å². The molecule has 3 aromatic rings. The first-order valence-corrected chi connectivity index (χ1v) is 10.7. The highest BCUT2D eigenvalue weighted by molar-refractivity contribution is 7.09. The van der Waals surface area contributed by atoms with Gasteiger partial charge in [0.2, 0.25) is 5.91 Å². The molecule has 1 aliphatic rings. The minimum absolute atomic E-state index is 0.0813. The van der Waals surface area contributed by atoms with Crippen LogP contribution in [0.1, 0.15) is 33.6 Å². The third-order valence-corrected chi connectivity index (χ3v) is 6.34. The number of amides is 1. The van der Waals surface area contributed by atoms with Gasteiger partial charge in [-0.15, -0.1) is 11.3 Å². The normalized spacial score (nSPS) is 17.0. The summed E-state index contributed by atoms with van der Waals surface area (Å²) in [7, 11) is 1.94. The highest BCUT2D eigenvalue weighted by Gasteiger charge is 2.32. The number of hydrogen-bond donors (Lipinski definition) is 0. The summed E-state index contributed by atoms with van der Waals surface area (Å²) in [6.45, 7) is 7.74. The van der Waals surface area contributed by atoms with E-state index in [0.717, 1.165) is 38.8 Å². The first-order valence-electron chi connectivity index (χ1n) is 9.83. The van der Waals surface area contributed by atoms with Crippen LogP contribution in [0.25, 0.3) is 11.3 Å². The van der Waals surface area contributed by atoms with Gasteiger partial charge < -0.3 is 9.64 Å². The zero-order chi connectivity index (χ0) is 20.5. The van der Waals surface area contributed by atoms with Crippen LogP contribution in [0.4, 0.5) is 0 Å². The predicted octanol–water partition coefficient (Wildman–Crippen LogP) is 3.61. The van der Waals surface area contributed by atoms with Crippen LogP contribution in [-0.2, 0) is 23.0 Å². The average Bonchev–Trinajstić information content (AvgIpc) is 3.25. The van der Waals surface area contributed by atoms with E-state index < -0.39 is 0 Å². The smallest absolute Gasteiger partial charge is 0.227 e. The molecule has 0 bridgehead atoms. The van der Waals surface area contributed by atoms with Gasteiger partial charge in [0, 0.05) is 35.8 Å². The third kappa shape index (κ3) is 3.97. The van der Waals surface area contributed by atoms with E-state index >= 15 is 0 Å². The SMILES string of the molecule is Cc1nc(-c2ccc(CC(=O)N3CCOC[C@H]3c3c(C)nn(C)c3C)cc2)cs1. The Morgan fingerprint density at radius 2 is 2.00 bits per heavy atom. The lowest BCUT2D eigenvalue weighted by Crippen LogP contribution is -2.44. The van der Waals surface area contributed by atoms with Crippen LogP contribution in [0.3, 0.4) is 0 Å². The quantitative estimate of drug-likeness (QED) is 0.659. The van der Waals surface area contributed by atoms with Gasteiger partial charge >= 0.3 is 0 Å².